The van der Waals surface area contributed by atoms with E-state index in [1.54, 1.807) is 0 Å². The first-order valence-corrected chi connectivity index (χ1v) is 29.6. The average Bonchev–Trinajstić information content (AvgIpc) is 1.75. The summed E-state index contributed by atoms with van der Waals surface area (Å²) in [6, 6.07) is -13.5. The van der Waals surface area contributed by atoms with Crippen LogP contribution in [0.1, 0.15) is 122 Å². The van der Waals surface area contributed by atoms with E-state index >= 15 is 0 Å². The molecule has 0 heterocycles. The standard InChI is InChI=1S/C51H100N28O12/c52-19-3-1-11-28(72-38(82)27(54)10-5-21-67-47(57)58)39(83)73-29(12-2-4-20-53)40(84)74-30(13-6-22-68-48(59)60)41(85)75-31(14-7-23-69-49(61)62)42(86)77-33(17-18-36(55)80)44(88)79-35(26-37(56)81)45(89)76-32(15-8-24-70-50(63)64)43(87)78-34(46(90)91)16-9-25-71-51(65)66/h27-35H,1-26,52-54H2,(H2,55,80)(H2,56,81)(H,72,82)(H,73,83)(H,74,84)(H,75,85)(H,76,89)(H,77,86)(H,78,87)(H,79,88)(H,90,91)(H4,57,58,67)(H4,59,60,68)(H4,61,62,69)(H4,63,64,70)(H4,65,66,71)/t27-,28+,29+,30+,31-,32+,33+,34-,35+/m1/s1. The summed E-state index contributed by atoms with van der Waals surface area (Å²) in [7, 11) is 0. The van der Waals surface area contributed by atoms with Crippen molar-refractivity contribution in [2.75, 3.05) is 45.8 Å². The van der Waals surface area contributed by atoms with Crippen molar-refractivity contribution in [3.05, 3.63) is 0 Å². The molecular weight excluding hydrogens is 1200 g/mol. The molecule has 0 bridgehead atoms. The SMILES string of the molecule is NCCCC[C@H](NC(=O)[C@H](N)CCCN=C(N)N)C(=O)N[C@@H](CCCCN)C(=O)N[C@@H](CCCN=C(N)N)C(=O)N[C@H](CCCN=C(N)N)C(=O)N[C@@H](CCC(N)=O)C(=O)N[C@@H](CC(N)=O)C(=O)N[C@@H](CCCN=C(N)N)C(=O)N[C@H](CCCN=C(N)N)C(=O)O. The molecule has 40 nitrogen and oxygen atoms in total. The van der Waals surface area contributed by atoms with Crippen LogP contribution >= 0.6 is 0 Å². The highest BCUT2D eigenvalue weighted by molar-refractivity contribution is 5.99. The monoisotopic (exact) mass is 1300 g/mol. The Kier molecular flexibility index (Phi) is 41.6. The number of carboxylic acids is 1. The first kappa shape index (κ1) is 81.4. The lowest BCUT2D eigenvalue weighted by molar-refractivity contribution is -0.142. The van der Waals surface area contributed by atoms with E-state index in [4.69, 9.17) is 86.0 Å². The zero-order valence-electron chi connectivity index (χ0n) is 51.4. The third kappa shape index (κ3) is 39.1. The van der Waals surface area contributed by atoms with Crippen LogP contribution in [0, 0.1) is 0 Å². The molecule has 0 spiro atoms. The Morgan fingerprint density at radius 3 is 0.813 bits per heavy atom. The van der Waals surface area contributed by atoms with Crippen LogP contribution in [0.15, 0.2) is 25.0 Å². The van der Waals surface area contributed by atoms with Gasteiger partial charge in [0.25, 0.3) is 0 Å². The molecule has 0 aromatic rings. The van der Waals surface area contributed by atoms with Crippen LogP contribution < -0.4 is 129 Å². The number of guanidine groups is 5. The highest BCUT2D eigenvalue weighted by atomic mass is 16.4. The summed E-state index contributed by atoms with van der Waals surface area (Å²) in [5.41, 5.74) is 83.1. The van der Waals surface area contributed by atoms with E-state index in [-0.39, 0.29) is 146 Å². The number of hydrogen-bond acceptors (Lipinski definition) is 19. The lowest BCUT2D eigenvalue weighted by Crippen LogP contribution is -2.60. The Morgan fingerprint density at radius 1 is 0.297 bits per heavy atom. The summed E-state index contributed by atoms with van der Waals surface area (Å²) in [5.74, 6) is -12.7. The third-order valence-corrected chi connectivity index (χ3v) is 13.1. The molecule has 0 saturated carbocycles. The number of amides is 10. The third-order valence-electron chi connectivity index (χ3n) is 13.1. The van der Waals surface area contributed by atoms with Crippen molar-refractivity contribution in [1.29, 1.82) is 0 Å². The van der Waals surface area contributed by atoms with Crippen molar-refractivity contribution in [2.24, 2.45) is 111 Å². The van der Waals surface area contributed by atoms with Crippen molar-refractivity contribution in [3.8, 4) is 0 Å². The largest absolute Gasteiger partial charge is 0.480 e. The van der Waals surface area contributed by atoms with Crippen molar-refractivity contribution in [1.82, 2.24) is 42.5 Å². The highest BCUT2D eigenvalue weighted by Crippen LogP contribution is 2.12. The van der Waals surface area contributed by atoms with Gasteiger partial charge in [-0.15, -0.1) is 0 Å². The molecule has 0 radical (unpaired) electrons. The predicted octanol–water partition coefficient (Wildman–Crippen LogP) is -11.1. The number of carboxylic acid groups (broad SMARTS) is 1. The molecular formula is C51H100N28O12. The van der Waals surface area contributed by atoms with Gasteiger partial charge in [0.1, 0.15) is 48.3 Å². The summed E-state index contributed by atoms with van der Waals surface area (Å²) < 4.78 is 0. The van der Waals surface area contributed by atoms with Gasteiger partial charge in [-0.25, -0.2) is 4.79 Å². The maximum absolute atomic E-state index is 14.5. The number of aliphatic carboxylic acids is 1. The van der Waals surface area contributed by atoms with E-state index in [1.165, 1.54) is 0 Å². The minimum absolute atomic E-state index is 0.00903. The minimum Gasteiger partial charge on any atom is -0.480 e. The lowest BCUT2D eigenvalue weighted by atomic mass is 10.0. The number of nitrogens with zero attached hydrogens (tertiary/aromatic N) is 5. The molecule has 91 heavy (non-hydrogen) atoms. The normalized spacial score (nSPS) is 13.7. The molecule has 0 rings (SSSR count). The Bertz CT molecular complexity index is 2500. The second-order valence-electron chi connectivity index (χ2n) is 20.9. The van der Waals surface area contributed by atoms with Gasteiger partial charge < -0.3 is 134 Å². The predicted molar refractivity (Wildman–Crippen MR) is 339 cm³/mol. The Labute approximate surface area is 527 Å². The van der Waals surface area contributed by atoms with E-state index < -0.39 is 139 Å². The number of hydrogen-bond donors (Lipinski definition) is 24. The number of rotatable bonds is 50. The molecule has 9 atom stereocenters. The Morgan fingerprint density at radius 2 is 0.538 bits per heavy atom. The Hall–Kier alpha value is -9.60. The minimum atomic E-state index is -1.90. The van der Waals surface area contributed by atoms with Gasteiger partial charge in [0.05, 0.1) is 12.5 Å². The van der Waals surface area contributed by atoms with Crippen LogP contribution in [0.5, 0.6) is 0 Å². The van der Waals surface area contributed by atoms with E-state index in [0.717, 1.165) is 0 Å². The number of carbonyl (C=O) groups is 11. The molecule has 39 N–H and O–H groups in total. The van der Waals surface area contributed by atoms with E-state index in [9.17, 15) is 57.8 Å². The van der Waals surface area contributed by atoms with Crippen LogP contribution in [0.4, 0.5) is 0 Å². The molecule has 0 aromatic heterocycles. The summed E-state index contributed by atoms with van der Waals surface area (Å²) in [6.45, 7) is 0.495. The summed E-state index contributed by atoms with van der Waals surface area (Å²) in [4.78, 5) is 169. The smallest absolute Gasteiger partial charge is 0.326 e. The zero-order chi connectivity index (χ0) is 69.0. The van der Waals surface area contributed by atoms with Crippen LogP contribution in [0.25, 0.3) is 0 Å². The van der Waals surface area contributed by atoms with Crippen LogP contribution in [-0.2, 0) is 52.7 Å². The van der Waals surface area contributed by atoms with Gasteiger partial charge in [0, 0.05) is 39.1 Å². The number of nitrogens with one attached hydrogen (secondary N) is 8. The maximum Gasteiger partial charge on any atom is 0.326 e. The van der Waals surface area contributed by atoms with E-state index in [0.29, 0.717) is 32.1 Å². The van der Waals surface area contributed by atoms with Crippen molar-refractivity contribution < 1.29 is 57.8 Å². The number of aliphatic imine (C=N–C) groups is 5. The fraction of sp³-hybridized carbons (Fsp3) is 0.686. The summed E-state index contributed by atoms with van der Waals surface area (Å²) in [6.07, 6.45) is -0.549. The van der Waals surface area contributed by atoms with Gasteiger partial charge in [-0.05, 0) is 122 Å². The summed E-state index contributed by atoms with van der Waals surface area (Å²) in [5, 5.41) is 29.9. The van der Waals surface area contributed by atoms with Gasteiger partial charge in [-0.3, -0.25) is 72.9 Å². The molecule has 0 unspecified atom stereocenters. The second-order valence-corrected chi connectivity index (χ2v) is 20.9. The number of carbonyl (C=O) groups excluding carboxylic acids is 10. The zero-order valence-corrected chi connectivity index (χ0v) is 51.4. The average molecular weight is 1300 g/mol. The number of unbranched alkanes of at least 4 members (excludes halogenated alkanes) is 2. The summed E-state index contributed by atoms with van der Waals surface area (Å²) >= 11 is 0. The molecule has 0 aliphatic rings. The molecule has 10 amide bonds. The van der Waals surface area contributed by atoms with Gasteiger partial charge in [-0.2, -0.15) is 0 Å². The molecule has 0 aliphatic carbocycles. The van der Waals surface area contributed by atoms with E-state index in [1.807, 2.05) is 0 Å². The fourth-order valence-corrected chi connectivity index (χ4v) is 8.40. The van der Waals surface area contributed by atoms with Crippen molar-refractivity contribution in [2.45, 2.75) is 176 Å². The topological polar surface area (TPSA) is 756 Å². The second kappa shape index (κ2) is 46.5. The quantitative estimate of drug-likeness (QED) is 0.0153. The molecule has 40 heteroatoms. The number of nitrogens with two attached hydrogens (primary N) is 15. The van der Waals surface area contributed by atoms with Crippen LogP contribution in [0.3, 0.4) is 0 Å². The fourth-order valence-electron chi connectivity index (χ4n) is 8.40. The first-order chi connectivity index (χ1) is 42.9. The van der Waals surface area contributed by atoms with Crippen molar-refractivity contribution >= 4 is 94.8 Å². The van der Waals surface area contributed by atoms with Gasteiger partial charge in [0.2, 0.25) is 59.1 Å². The number of primary amides is 2. The first-order valence-electron chi connectivity index (χ1n) is 29.6. The van der Waals surface area contributed by atoms with Crippen LogP contribution in [-0.4, -0.2) is 200 Å². The van der Waals surface area contributed by atoms with Gasteiger partial charge in [0.15, 0.2) is 29.8 Å². The highest BCUT2D eigenvalue weighted by Gasteiger charge is 2.36. The maximum atomic E-state index is 14.5. The van der Waals surface area contributed by atoms with Crippen LogP contribution in [0.2, 0.25) is 0 Å². The van der Waals surface area contributed by atoms with Gasteiger partial charge in [-0.1, -0.05) is 0 Å². The van der Waals surface area contributed by atoms with Gasteiger partial charge >= 0.3 is 5.97 Å². The lowest BCUT2D eigenvalue weighted by Gasteiger charge is -2.28. The molecule has 0 aliphatic heterocycles. The Balaban J connectivity index is 7.30. The molecule has 0 aromatic carbocycles. The van der Waals surface area contributed by atoms with E-state index in [2.05, 4.69) is 67.5 Å². The van der Waals surface area contributed by atoms with Crippen molar-refractivity contribution in [3.63, 3.8) is 0 Å². The molecule has 0 saturated heterocycles. The molecule has 0 fully saturated rings. The molecule has 516 valence electrons.